The molecule has 0 spiro atoms. The Hall–Kier alpha value is -3.35. The van der Waals surface area contributed by atoms with Gasteiger partial charge in [0.15, 0.2) is 5.78 Å². The quantitative estimate of drug-likeness (QED) is 0.160. The highest BCUT2D eigenvalue weighted by atomic mass is 16.5. The zero-order chi connectivity index (χ0) is 41.1. The number of likely N-dealkylation sites (N-methyl/N-ethyl adjacent to an activating group) is 1. The van der Waals surface area contributed by atoms with Crippen molar-refractivity contribution in [3.05, 3.63) is 35.9 Å². The van der Waals surface area contributed by atoms with Crippen LogP contribution in [0.15, 0.2) is 30.3 Å². The average Bonchev–Trinajstić information content (AvgIpc) is 3.61. The zero-order valence-electron chi connectivity index (χ0n) is 35.5. The minimum absolute atomic E-state index is 0.00138. The van der Waals surface area contributed by atoms with Crippen LogP contribution in [0, 0.1) is 23.7 Å². The van der Waals surface area contributed by atoms with Gasteiger partial charge in [0.05, 0.1) is 48.7 Å². The summed E-state index contributed by atoms with van der Waals surface area (Å²) in [6.07, 6.45) is 0.907. The van der Waals surface area contributed by atoms with Crippen molar-refractivity contribution in [2.75, 3.05) is 27.8 Å². The number of rotatable bonds is 20. The molecule has 0 bridgehead atoms. The summed E-state index contributed by atoms with van der Waals surface area (Å²) in [5.41, 5.74) is 0.214. The Morgan fingerprint density at radius 1 is 0.870 bits per heavy atom. The molecule has 1 saturated heterocycles. The van der Waals surface area contributed by atoms with Crippen molar-refractivity contribution in [2.45, 2.75) is 150 Å². The maximum Gasteiger partial charge on any atom is 0.245 e. The summed E-state index contributed by atoms with van der Waals surface area (Å²) >= 11 is 0. The molecule has 9 atom stereocenters. The van der Waals surface area contributed by atoms with Crippen LogP contribution in [-0.2, 0) is 28.7 Å². The molecular weight excluding hydrogens is 686 g/mol. The molecule has 0 radical (unpaired) electrons. The largest absolute Gasteiger partial charge is 0.379 e. The summed E-state index contributed by atoms with van der Waals surface area (Å²) < 4.78 is 11.9. The molecule has 1 fully saturated rings. The van der Waals surface area contributed by atoms with E-state index >= 15 is 0 Å². The Kier molecular flexibility index (Phi) is 18.3. The summed E-state index contributed by atoms with van der Waals surface area (Å²) in [7, 11) is 4.83. The summed E-state index contributed by atoms with van der Waals surface area (Å²) in [6, 6.07) is 6.00. The Morgan fingerprint density at radius 3 is 1.96 bits per heavy atom. The molecule has 3 N–H and O–H groups in total. The normalized spacial score (nSPS) is 19.3. The fourth-order valence-corrected chi connectivity index (χ4v) is 7.55. The topological polar surface area (TPSA) is 146 Å². The molecule has 0 saturated carbocycles. The number of methoxy groups -OCH3 is 2. The van der Waals surface area contributed by atoms with Crippen LogP contribution < -0.4 is 16.0 Å². The first-order chi connectivity index (χ1) is 25.2. The smallest absolute Gasteiger partial charge is 0.245 e. The lowest BCUT2D eigenvalue weighted by atomic mass is 9.89. The number of amides is 4. The van der Waals surface area contributed by atoms with Crippen LogP contribution in [0.1, 0.15) is 112 Å². The number of ketones is 1. The first-order valence-electron chi connectivity index (χ1n) is 19.8. The first kappa shape index (κ1) is 46.8. The van der Waals surface area contributed by atoms with Gasteiger partial charge < -0.3 is 35.2 Å². The number of nitrogens with one attached hydrogen (secondary N) is 3. The van der Waals surface area contributed by atoms with Crippen LogP contribution in [0.3, 0.4) is 0 Å². The van der Waals surface area contributed by atoms with E-state index in [0.29, 0.717) is 18.5 Å². The molecule has 12 heteroatoms. The Morgan fingerprint density at radius 2 is 1.46 bits per heavy atom. The van der Waals surface area contributed by atoms with E-state index in [1.54, 1.807) is 62.1 Å². The van der Waals surface area contributed by atoms with Gasteiger partial charge in [0.1, 0.15) is 6.04 Å². The third-order valence-electron chi connectivity index (χ3n) is 10.8. The first-order valence-corrected chi connectivity index (χ1v) is 19.8. The lowest BCUT2D eigenvalue weighted by Gasteiger charge is -2.41. The highest BCUT2D eigenvalue weighted by Gasteiger charge is 2.43. The number of hydrogen-bond donors (Lipinski definition) is 3. The second-order valence-electron chi connectivity index (χ2n) is 16.9. The van der Waals surface area contributed by atoms with E-state index in [2.05, 4.69) is 16.0 Å². The van der Waals surface area contributed by atoms with Crippen LogP contribution in [0.25, 0.3) is 0 Å². The summed E-state index contributed by atoms with van der Waals surface area (Å²) in [6.45, 7) is 21.8. The van der Waals surface area contributed by atoms with Gasteiger partial charge in [-0.2, -0.15) is 0 Å². The predicted octanol–water partition coefficient (Wildman–Crippen LogP) is 4.85. The molecule has 1 aromatic rings. The number of likely N-dealkylation sites (tertiary alicyclic amines) is 1. The van der Waals surface area contributed by atoms with Gasteiger partial charge in [-0.05, 0) is 58.3 Å². The third kappa shape index (κ3) is 12.6. The van der Waals surface area contributed by atoms with Crippen LogP contribution in [0.4, 0.5) is 0 Å². The van der Waals surface area contributed by atoms with Crippen molar-refractivity contribution in [1.82, 2.24) is 25.8 Å². The lowest BCUT2D eigenvalue weighted by molar-refractivity contribution is -0.147. The maximum absolute atomic E-state index is 14.3. The van der Waals surface area contributed by atoms with Gasteiger partial charge in [-0.1, -0.05) is 85.2 Å². The van der Waals surface area contributed by atoms with Crippen LogP contribution >= 0.6 is 0 Å². The molecule has 1 aliphatic rings. The Bertz CT molecular complexity index is 1380. The SMILES string of the molecule is CC[C@H](C)[C@@H]([C@@H](CC(=O)N1CCC[C@H]1[C@H](OC)[C@@H](C)C(=O)N[C@H](C)C(=O)c1ccccc1)OC)N(C)C(=O)[C@@H](NC(=O)[C@@H](NC(C)(C)C)C(C)C)C(C)C. The van der Waals surface area contributed by atoms with E-state index in [1.807, 2.05) is 68.4 Å². The minimum atomic E-state index is -0.783. The minimum Gasteiger partial charge on any atom is -0.379 e. The number of benzene rings is 1. The average molecular weight is 758 g/mol. The van der Waals surface area contributed by atoms with Crippen molar-refractivity contribution in [2.24, 2.45) is 23.7 Å². The number of hydrogen-bond acceptors (Lipinski definition) is 8. The lowest BCUT2D eigenvalue weighted by Crippen LogP contribution is -2.61. The Labute approximate surface area is 325 Å². The molecule has 0 aromatic heterocycles. The maximum atomic E-state index is 14.3. The van der Waals surface area contributed by atoms with E-state index < -0.39 is 42.3 Å². The number of carbonyl (C=O) groups excluding carboxylic acids is 5. The van der Waals surface area contributed by atoms with E-state index in [0.717, 1.165) is 12.8 Å². The zero-order valence-corrected chi connectivity index (χ0v) is 35.5. The highest BCUT2D eigenvalue weighted by Crippen LogP contribution is 2.30. The molecule has 4 amide bonds. The van der Waals surface area contributed by atoms with Gasteiger partial charge in [-0.15, -0.1) is 0 Å². The van der Waals surface area contributed by atoms with Crippen molar-refractivity contribution >= 4 is 29.4 Å². The van der Waals surface area contributed by atoms with Crippen LogP contribution in [-0.4, -0.2) is 115 Å². The van der Waals surface area contributed by atoms with Gasteiger partial charge in [0.2, 0.25) is 23.6 Å². The van der Waals surface area contributed by atoms with Crippen molar-refractivity contribution in [3.63, 3.8) is 0 Å². The standard InChI is InChI=1S/C42H71N5O7/c1-15-27(6)36(46(12)41(52)35(26(4)5)44-40(51)34(25(2)3)45-42(9,10)11)32(53-13)24-33(48)47-23-19-22-31(47)38(54-14)28(7)39(50)43-29(8)37(49)30-20-17-16-18-21-30/h16-18,20-21,25-29,31-32,34-36,38,45H,15,19,22-24H2,1-14H3,(H,43,50)(H,44,51)/t27-,28+,29+,31-,32+,34-,35-,36-,38+/m0/s1. The molecule has 0 aliphatic carbocycles. The Balaban J connectivity index is 2.26. The molecule has 12 nitrogen and oxygen atoms in total. The predicted molar refractivity (Wildman–Crippen MR) is 213 cm³/mol. The third-order valence-corrected chi connectivity index (χ3v) is 10.8. The molecule has 1 heterocycles. The van der Waals surface area contributed by atoms with Gasteiger partial charge >= 0.3 is 0 Å². The van der Waals surface area contributed by atoms with Crippen LogP contribution in [0.5, 0.6) is 0 Å². The molecule has 1 aliphatic heterocycles. The van der Waals surface area contributed by atoms with Crippen molar-refractivity contribution in [3.8, 4) is 0 Å². The molecule has 306 valence electrons. The highest BCUT2D eigenvalue weighted by molar-refractivity contribution is 6.01. The second-order valence-corrected chi connectivity index (χ2v) is 16.9. The monoisotopic (exact) mass is 758 g/mol. The van der Waals surface area contributed by atoms with Gasteiger partial charge in [0.25, 0.3) is 0 Å². The van der Waals surface area contributed by atoms with E-state index in [1.165, 1.54) is 7.11 Å². The van der Waals surface area contributed by atoms with E-state index in [-0.39, 0.29) is 65.2 Å². The summed E-state index contributed by atoms with van der Waals surface area (Å²) in [5, 5.41) is 9.30. The summed E-state index contributed by atoms with van der Waals surface area (Å²) in [5.74, 6) is -2.01. The molecule has 0 unspecified atom stereocenters. The van der Waals surface area contributed by atoms with E-state index in [4.69, 9.17) is 9.47 Å². The number of Topliss-reactive ketones (excluding diaryl/α,β-unsaturated/α-hetero) is 1. The second kappa shape index (κ2) is 21.1. The molecule has 54 heavy (non-hydrogen) atoms. The van der Waals surface area contributed by atoms with Crippen molar-refractivity contribution < 1.29 is 33.4 Å². The number of nitrogens with zero attached hydrogens (tertiary/aromatic N) is 2. The molecular formula is C42H71N5O7. The van der Waals surface area contributed by atoms with Crippen LogP contribution in [0.2, 0.25) is 0 Å². The fourth-order valence-electron chi connectivity index (χ4n) is 7.55. The fraction of sp³-hybridized carbons (Fsp3) is 0.738. The van der Waals surface area contributed by atoms with Gasteiger partial charge in [-0.25, -0.2) is 0 Å². The van der Waals surface area contributed by atoms with E-state index in [9.17, 15) is 24.0 Å². The molecule has 1 aromatic carbocycles. The van der Waals surface area contributed by atoms with Crippen molar-refractivity contribution in [1.29, 1.82) is 0 Å². The number of ether oxygens (including phenoxy) is 2. The summed E-state index contributed by atoms with van der Waals surface area (Å²) in [4.78, 5) is 71.9. The number of carbonyl (C=O) groups is 5. The van der Waals surface area contributed by atoms with Gasteiger partial charge in [-0.3, -0.25) is 24.0 Å². The van der Waals surface area contributed by atoms with Gasteiger partial charge in [0, 0.05) is 38.9 Å². The molecule has 2 rings (SSSR count).